The number of carbonyl (C=O) groups excluding carboxylic acids is 2. The number of aromatic hydroxyl groups is 1. The number of ether oxygens (including phenoxy) is 1. The Morgan fingerprint density at radius 3 is 2.90 bits per heavy atom. The normalized spacial score (nSPS) is 10.2. The zero-order valence-corrected chi connectivity index (χ0v) is 11.7. The molecule has 0 aliphatic heterocycles. The number of esters is 1. The number of phenolic OH excluding ortho intramolecular Hbond substituents is 1. The monoisotopic (exact) mass is 310 g/mol. The lowest BCUT2D eigenvalue weighted by atomic mass is 10.2. The Morgan fingerprint density at radius 1 is 1.48 bits per heavy atom. The number of nitrogens with zero attached hydrogens (tertiary/aromatic N) is 1. The highest BCUT2D eigenvalue weighted by Crippen LogP contribution is 2.23. The SMILES string of the molecule is COC(=O)Cc1csc(NC(=O)c2c(O)cccc2F)n1. The van der Waals surface area contributed by atoms with Gasteiger partial charge in [-0.2, -0.15) is 0 Å². The second kappa shape index (κ2) is 6.31. The molecule has 0 bridgehead atoms. The van der Waals surface area contributed by atoms with E-state index in [1.54, 1.807) is 5.38 Å². The number of carbonyl (C=O) groups is 2. The molecule has 0 atom stereocenters. The van der Waals surface area contributed by atoms with E-state index in [4.69, 9.17) is 0 Å². The van der Waals surface area contributed by atoms with E-state index in [1.807, 2.05) is 0 Å². The Morgan fingerprint density at radius 2 is 2.24 bits per heavy atom. The number of nitrogens with one attached hydrogen (secondary N) is 1. The summed E-state index contributed by atoms with van der Waals surface area (Å²) in [5.41, 5.74) is -0.0258. The third kappa shape index (κ3) is 3.54. The van der Waals surface area contributed by atoms with Crippen molar-refractivity contribution in [2.45, 2.75) is 6.42 Å². The van der Waals surface area contributed by atoms with Crippen molar-refractivity contribution < 1.29 is 23.8 Å². The summed E-state index contributed by atoms with van der Waals surface area (Å²) in [7, 11) is 1.26. The number of rotatable bonds is 4. The van der Waals surface area contributed by atoms with E-state index in [-0.39, 0.29) is 11.6 Å². The summed E-state index contributed by atoms with van der Waals surface area (Å²) in [5.74, 6) is -2.56. The van der Waals surface area contributed by atoms with Gasteiger partial charge in [0.1, 0.15) is 17.1 Å². The second-order valence-corrected chi connectivity index (χ2v) is 4.84. The van der Waals surface area contributed by atoms with E-state index in [2.05, 4.69) is 15.0 Å². The fourth-order valence-corrected chi connectivity index (χ4v) is 2.27. The zero-order valence-electron chi connectivity index (χ0n) is 10.9. The molecular formula is C13H11FN2O4S. The number of hydrogen-bond donors (Lipinski definition) is 2. The van der Waals surface area contributed by atoms with Crippen molar-refractivity contribution in [2.75, 3.05) is 12.4 Å². The van der Waals surface area contributed by atoms with E-state index in [0.29, 0.717) is 5.69 Å². The van der Waals surface area contributed by atoms with Crippen LogP contribution in [0, 0.1) is 5.82 Å². The number of aromatic nitrogens is 1. The lowest BCUT2D eigenvalue weighted by Gasteiger charge is -2.05. The Kier molecular flexibility index (Phi) is 4.49. The molecule has 110 valence electrons. The minimum atomic E-state index is -0.834. The molecule has 2 aromatic rings. The maximum absolute atomic E-state index is 13.5. The summed E-state index contributed by atoms with van der Waals surface area (Å²) in [6, 6.07) is 3.57. The first kappa shape index (κ1) is 14.9. The first-order valence-electron chi connectivity index (χ1n) is 5.81. The first-order valence-corrected chi connectivity index (χ1v) is 6.69. The average Bonchev–Trinajstić information content (AvgIpc) is 2.85. The van der Waals surface area contributed by atoms with E-state index in [0.717, 1.165) is 17.4 Å². The van der Waals surface area contributed by atoms with Crippen LogP contribution in [-0.4, -0.2) is 29.1 Å². The van der Waals surface area contributed by atoms with Gasteiger partial charge in [-0.1, -0.05) is 6.07 Å². The Hall–Kier alpha value is -2.48. The van der Waals surface area contributed by atoms with Crippen LogP contribution in [0.15, 0.2) is 23.6 Å². The maximum atomic E-state index is 13.5. The molecule has 0 saturated carbocycles. The second-order valence-electron chi connectivity index (χ2n) is 3.98. The molecule has 0 aliphatic carbocycles. The van der Waals surface area contributed by atoms with Crippen LogP contribution in [0.3, 0.4) is 0 Å². The Balaban J connectivity index is 2.12. The number of thiazole rings is 1. The van der Waals surface area contributed by atoms with Crippen molar-refractivity contribution in [3.8, 4) is 5.75 Å². The number of amides is 1. The highest BCUT2D eigenvalue weighted by atomic mass is 32.1. The predicted octanol–water partition coefficient (Wildman–Crippen LogP) is 1.96. The van der Waals surface area contributed by atoms with Crippen LogP contribution in [-0.2, 0) is 16.0 Å². The molecule has 1 aromatic carbocycles. The fourth-order valence-electron chi connectivity index (χ4n) is 1.56. The highest BCUT2D eigenvalue weighted by molar-refractivity contribution is 7.14. The van der Waals surface area contributed by atoms with E-state index in [9.17, 15) is 19.1 Å². The number of halogens is 1. The maximum Gasteiger partial charge on any atom is 0.311 e. The van der Waals surface area contributed by atoms with Crippen molar-refractivity contribution in [3.63, 3.8) is 0 Å². The average molecular weight is 310 g/mol. The number of methoxy groups -OCH3 is 1. The molecule has 6 nitrogen and oxygen atoms in total. The van der Waals surface area contributed by atoms with Gasteiger partial charge in [0.05, 0.1) is 19.2 Å². The van der Waals surface area contributed by atoms with Gasteiger partial charge in [0.2, 0.25) is 0 Å². The summed E-state index contributed by atoms with van der Waals surface area (Å²) < 4.78 is 18.0. The van der Waals surface area contributed by atoms with Crippen LogP contribution in [0.25, 0.3) is 0 Å². The van der Waals surface area contributed by atoms with Crippen LogP contribution in [0.5, 0.6) is 5.75 Å². The van der Waals surface area contributed by atoms with Crippen molar-refractivity contribution in [3.05, 3.63) is 40.7 Å². The summed E-state index contributed by atoms with van der Waals surface area (Å²) in [6.45, 7) is 0. The van der Waals surface area contributed by atoms with E-state index in [1.165, 1.54) is 19.2 Å². The summed E-state index contributed by atoms with van der Waals surface area (Å²) in [4.78, 5) is 27.0. The summed E-state index contributed by atoms with van der Waals surface area (Å²) in [5, 5.41) is 13.7. The van der Waals surface area contributed by atoms with Gasteiger partial charge in [-0.15, -0.1) is 11.3 Å². The molecule has 1 amide bonds. The minimum absolute atomic E-state index is 0.0200. The number of anilines is 1. The van der Waals surface area contributed by atoms with Gasteiger partial charge >= 0.3 is 5.97 Å². The van der Waals surface area contributed by atoms with Gasteiger partial charge < -0.3 is 9.84 Å². The van der Waals surface area contributed by atoms with Crippen molar-refractivity contribution in [1.82, 2.24) is 4.98 Å². The van der Waals surface area contributed by atoms with Crippen LogP contribution >= 0.6 is 11.3 Å². The summed E-state index contributed by atoms with van der Waals surface area (Å²) in [6.07, 6.45) is -0.0200. The number of phenols is 1. The first-order chi connectivity index (χ1) is 10.0. The molecule has 2 rings (SSSR count). The van der Waals surface area contributed by atoms with Gasteiger partial charge in [-0.3, -0.25) is 14.9 Å². The zero-order chi connectivity index (χ0) is 15.4. The molecular weight excluding hydrogens is 299 g/mol. The molecule has 0 fully saturated rings. The van der Waals surface area contributed by atoms with E-state index >= 15 is 0 Å². The summed E-state index contributed by atoms with van der Waals surface area (Å²) >= 11 is 1.08. The van der Waals surface area contributed by atoms with Crippen LogP contribution < -0.4 is 5.32 Å². The smallest absolute Gasteiger partial charge is 0.311 e. The lowest BCUT2D eigenvalue weighted by Crippen LogP contribution is -2.14. The van der Waals surface area contributed by atoms with Gasteiger partial charge in [-0.25, -0.2) is 9.37 Å². The number of benzene rings is 1. The van der Waals surface area contributed by atoms with Crippen molar-refractivity contribution >= 4 is 28.3 Å². The molecule has 8 heteroatoms. The third-order valence-corrected chi connectivity index (χ3v) is 3.35. The molecule has 0 saturated heterocycles. The van der Waals surface area contributed by atoms with Gasteiger partial charge in [0, 0.05) is 5.38 Å². The van der Waals surface area contributed by atoms with Crippen LogP contribution in [0.2, 0.25) is 0 Å². The predicted molar refractivity (Wildman–Crippen MR) is 73.9 cm³/mol. The molecule has 0 aliphatic rings. The lowest BCUT2D eigenvalue weighted by molar-refractivity contribution is -0.139. The van der Waals surface area contributed by atoms with E-state index < -0.39 is 29.0 Å². The Labute approximate surface area is 123 Å². The highest BCUT2D eigenvalue weighted by Gasteiger charge is 2.18. The fraction of sp³-hybridized carbons (Fsp3) is 0.154. The Bertz CT molecular complexity index is 666. The minimum Gasteiger partial charge on any atom is -0.507 e. The molecule has 21 heavy (non-hydrogen) atoms. The largest absolute Gasteiger partial charge is 0.507 e. The van der Waals surface area contributed by atoms with Crippen LogP contribution in [0.4, 0.5) is 9.52 Å². The van der Waals surface area contributed by atoms with Gasteiger partial charge in [-0.05, 0) is 12.1 Å². The topological polar surface area (TPSA) is 88.5 Å². The standard InChI is InChI=1S/C13H11FN2O4S/c1-20-10(18)5-7-6-21-13(15-7)16-12(19)11-8(14)3-2-4-9(11)17/h2-4,6,17H,5H2,1H3,(H,15,16,19). The molecule has 0 radical (unpaired) electrons. The molecule has 1 heterocycles. The molecule has 1 aromatic heterocycles. The molecule has 0 spiro atoms. The van der Waals surface area contributed by atoms with Gasteiger partial charge in [0.15, 0.2) is 5.13 Å². The molecule has 0 unspecified atom stereocenters. The number of hydrogen-bond acceptors (Lipinski definition) is 6. The van der Waals surface area contributed by atoms with Crippen molar-refractivity contribution in [2.24, 2.45) is 0 Å². The van der Waals surface area contributed by atoms with Gasteiger partial charge in [0.25, 0.3) is 5.91 Å². The quantitative estimate of drug-likeness (QED) is 0.843. The molecule has 2 N–H and O–H groups in total. The third-order valence-electron chi connectivity index (χ3n) is 2.54. The van der Waals surface area contributed by atoms with Crippen LogP contribution in [0.1, 0.15) is 16.1 Å². The van der Waals surface area contributed by atoms with Crippen molar-refractivity contribution in [1.29, 1.82) is 0 Å².